The fraction of sp³-hybridized carbons (Fsp3) is 0.188. The van der Waals surface area contributed by atoms with E-state index in [9.17, 15) is 22.0 Å². The van der Waals surface area contributed by atoms with Gasteiger partial charge in [-0.1, -0.05) is 6.07 Å². The molecular weight excluding hydrogens is 354 g/mol. The molecular formula is C16H16F2N2O4S. The van der Waals surface area contributed by atoms with Gasteiger partial charge in [0.15, 0.2) is 0 Å². The molecule has 6 nitrogen and oxygen atoms in total. The van der Waals surface area contributed by atoms with Crippen molar-refractivity contribution in [1.29, 1.82) is 0 Å². The van der Waals surface area contributed by atoms with E-state index in [2.05, 4.69) is 5.32 Å². The summed E-state index contributed by atoms with van der Waals surface area (Å²) in [7, 11) is -4.29. The van der Waals surface area contributed by atoms with E-state index in [1.165, 1.54) is 19.1 Å². The molecule has 25 heavy (non-hydrogen) atoms. The minimum absolute atomic E-state index is 0.131. The zero-order valence-electron chi connectivity index (χ0n) is 13.5. The number of hydrogen-bond donors (Lipinski definition) is 2. The molecule has 0 bridgehead atoms. The lowest BCUT2D eigenvalue weighted by molar-refractivity contribution is -0.114. The summed E-state index contributed by atoms with van der Waals surface area (Å²) in [4.78, 5) is 11.0. The van der Waals surface area contributed by atoms with Crippen molar-refractivity contribution in [3.8, 4) is 5.75 Å². The van der Waals surface area contributed by atoms with E-state index in [0.717, 1.165) is 24.3 Å². The van der Waals surface area contributed by atoms with Crippen LogP contribution >= 0.6 is 0 Å². The van der Waals surface area contributed by atoms with Gasteiger partial charge in [-0.25, -0.2) is 17.2 Å². The first-order valence-electron chi connectivity index (χ1n) is 7.26. The zero-order valence-corrected chi connectivity index (χ0v) is 14.3. The van der Waals surface area contributed by atoms with Gasteiger partial charge < -0.3 is 10.1 Å². The van der Waals surface area contributed by atoms with Crippen LogP contribution in [0.5, 0.6) is 5.75 Å². The Labute approximate surface area is 143 Å². The van der Waals surface area contributed by atoms with E-state index in [4.69, 9.17) is 4.74 Å². The average molecular weight is 370 g/mol. The monoisotopic (exact) mass is 370 g/mol. The standard InChI is InChI=1S/C16H16F2N2O4S/c1-3-24-15-8-7-11(9-14(15)19-10(2)21)25(22,23)20-16-12(17)5-4-6-13(16)18/h4-9,20H,3H2,1-2H3,(H,19,21). The number of hydrogen-bond acceptors (Lipinski definition) is 4. The lowest BCUT2D eigenvalue weighted by atomic mass is 10.3. The molecule has 2 aromatic rings. The van der Waals surface area contributed by atoms with Crippen LogP contribution in [0.1, 0.15) is 13.8 Å². The number of amides is 1. The molecule has 0 aliphatic rings. The van der Waals surface area contributed by atoms with Crippen molar-refractivity contribution >= 4 is 27.3 Å². The summed E-state index contributed by atoms with van der Waals surface area (Å²) in [6.07, 6.45) is 0. The molecule has 0 heterocycles. The molecule has 0 spiro atoms. The molecule has 0 saturated carbocycles. The number of halogens is 2. The van der Waals surface area contributed by atoms with Crippen LogP contribution in [0.3, 0.4) is 0 Å². The van der Waals surface area contributed by atoms with E-state index >= 15 is 0 Å². The van der Waals surface area contributed by atoms with Gasteiger partial charge in [0.1, 0.15) is 23.1 Å². The van der Waals surface area contributed by atoms with E-state index in [0.29, 0.717) is 6.61 Å². The third-order valence-corrected chi connectivity index (χ3v) is 4.42. The summed E-state index contributed by atoms with van der Waals surface area (Å²) in [6.45, 7) is 3.28. The Morgan fingerprint density at radius 2 is 1.80 bits per heavy atom. The quantitative estimate of drug-likeness (QED) is 0.818. The Hall–Kier alpha value is -2.68. The van der Waals surface area contributed by atoms with E-state index < -0.39 is 33.3 Å². The summed E-state index contributed by atoms with van der Waals surface area (Å²) >= 11 is 0. The third kappa shape index (κ3) is 4.44. The molecule has 9 heteroatoms. The lowest BCUT2D eigenvalue weighted by Crippen LogP contribution is -2.16. The Morgan fingerprint density at radius 3 is 2.36 bits per heavy atom. The lowest BCUT2D eigenvalue weighted by Gasteiger charge is -2.14. The van der Waals surface area contributed by atoms with Gasteiger partial charge in [-0.05, 0) is 37.3 Å². The van der Waals surface area contributed by atoms with Crippen molar-refractivity contribution in [1.82, 2.24) is 0 Å². The van der Waals surface area contributed by atoms with Crippen LogP contribution in [0.25, 0.3) is 0 Å². The van der Waals surface area contributed by atoms with Crippen LogP contribution < -0.4 is 14.8 Å². The van der Waals surface area contributed by atoms with Gasteiger partial charge in [-0.2, -0.15) is 0 Å². The van der Waals surface area contributed by atoms with Crippen LogP contribution in [0.4, 0.5) is 20.2 Å². The number of rotatable bonds is 6. The van der Waals surface area contributed by atoms with Crippen LogP contribution in [0.15, 0.2) is 41.3 Å². The minimum Gasteiger partial charge on any atom is -0.492 e. The van der Waals surface area contributed by atoms with Crippen molar-refractivity contribution in [2.45, 2.75) is 18.7 Å². The molecule has 134 valence electrons. The highest BCUT2D eigenvalue weighted by Crippen LogP contribution is 2.29. The second kappa shape index (κ2) is 7.47. The molecule has 1 amide bonds. The number of sulfonamides is 1. The topological polar surface area (TPSA) is 84.5 Å². The van der Waals surface area contributed by atoms with Gasteiger partial charge in [-0.15, -0.1) is 0 Å². The Morgan fingerprint density at radius 1 is 1.16 bits per heavy atom. The fourth-order valence-corrected chi connectivity index (χ4v) is 3.14. The third-order valence-electron chi connectivity index (χ3n) is 3.07. The molecule has 0 fully saturated rings. The molecule has 0 saturated heterocycles. The highest BCUT2D eigenvalue weighted by Gasteiger charge is 2.21. The smallest absolute Gasteiger partial charge is 0.262 e. The highest BCUT2D eigenvalue weighted by atomic mass is 32.2. The first-order chi connectivity index (χ1) is 11.7. The van der Waals surface area contributed by atoms with Gasteiger partial charge in [0, 0.05) is 6.92 Å². The summed E-state index contributed by atoms with van der Waals surface area (Å²) in [5, 5.41) is 2.45. The maximum Gasteiger partial charge on any atom is 0.262 e. The number of carbonyl (C=O) groups is 1. The van der Waals surface area contributed by atoms with E-state index in [-0.39, 0.29) is 16.3 Å². The Bertz CT molecular complexity index is 881. The summed E-state index contributed by atoms with van der Waals surface area (Å²) in [5.74, 6) is -2.24. The SMILES string of the molecule is CCOc1ccc(S(=O)(=O)Nc2c(F)cccc2F)cc1NC(C)=O. The Balaban J connectivity index is 2.43. The fourth-order valence-electron chi connectivity index (χ4n) is 2.03. The largest absolute Gasteiger partial charge is 0.492 e. The number of para-hydroxylation sites is 1. The number of benzene rings is 2. The van der Waals surface area contributed by atoms with Crippen molar-refractivity contribution in [2.75, 3.05) is 16.6 Å². The predicted octanol–water partition coefficient (Wildman–Crippen LogP) is 3.12. The van der Waals surface area contributed by atoms with Crippen LogP contribution in [0.2, 0.25) is 0 Å². The predicted molar refractivity (Wildman–Crippen MR) is 89.1 cm³/mol. The molecule has 0 aliphatic heterocycles. The van der Waals surface area contributed by atoms with E-state index in [1.807, 2.05) is 4.72 Å². The van der Waals surface area contributed by atoms with Gasteiger partial charge in [-0.3, -0.25) is 9.52 Å². The van der Waals surface area contributed by atoms with Crippen LogP contribution in [-0.4, -0.2) is 20.9 Å². The minimum atomic E-state index is -4.29. The van der Waals surface area contributed by atoms with Gasteiger partial charge >= 0.3 is 0 Å². The first kappa shape index (κ1) is 18.7. The summed E-state index contributed by atoms with van der Waals surface area (Å²) in [5.41, 5.74) is -0.649. The normalized spacial score (nSPS) is 11.0. The van der Waals surface area contributed by atoms with Crippen LogP contribution in [0, 0.1) is 11.6 Å². The molecule has 0 aliphatic carbocycles. The van der Waals surface area contributed by atoms with Crippen molar-refractivity contribution < 1.29 is 26.7 Å². The zero-order chi connectivity index (χ0) is 18.6. The summed E-state index contributed by atoms with van der Waals surface area (Å²) in [6, 6.07) is 6.68. The van der Waals surface area contributed by atoms with Crippen molar-refractivity contribution in [2.24, 2.45) is 0 Å². The van der Waals surface area contributed by atoms with Gasteiger partial charge in [0.2, 0.25) is 5.91 Å². The molecule has 2 rings (SSSR count). The molecule has 0 atom stereocenters. The highest BCUT2D eigenvalue weighted by molar-refractivity contribution is 7.92. The molecule has 2 aromatic carbocycles. The van der Waals surface area contributed by atoms with Crippen LogP contribution in [-0.2, 0) is 14.8 Å². The van der Waals surface area contributed by atoms with E-state index in [1.54, 1.807) is 6.92 Å². The Kier molecular flexibility index (Phi) is 5.58. The summed E-state index contributed by atoms with van der Waals surface area (Å²) < 4.78 is 59.4. The number of anilines is 2. The maximum atomic E-state index is 13.7. The second-order valence-corrected chi connectivity index (χ2v) is 6.66. The second-order valence-electron chi connectivity index (χ2n) is 4.97. The number of carbonyl (C=O) groups excluding carboxylic acids is 1. The van der Waals surface area contributed by atoms with Gasteiger partial charge in [0.25, 0.3) is 10.0 Å². The van der Waals surface area contributed by atoms with Gasteiger partial charge in [0.05, 0.1) is 17.2 Å². The average Bonchev–Trinajstić information content (AvgIpc) is 2.52. The van der Waals surface area contributed by atoms with Crippen molar-refractivity contribution in [3.05, 3.63) is 48.0 Å². The molecule has 2 N–H and O–H groups in total. The first-order valence-corrected chi connectivity index (χ1v) is 8.74. The molecule has 0 aromatic heterocycles. The number of ether oxygens (including phenoxy) is 1. The van der Waals surface area contributed by atoms with Crippen molar-refractivity contribution in [3.63, 3.8) is 0 Å². The molecule has 0 unspecified atom stereocenters. The molecule has 0 radical (unpaired) electrons. The number of nitrogens with one attached hydrogen (secondary N) is 2. The maximum absolute atomic E-state index is 13.7.